The fourth-order valence-corrected chi connectivity index (χ4v) is 1.44. The molecule has 0 unspecified atom stereocenters. The quantitative estimate of drug-likeness (QED) is 0.447. The highest BCUT2D eigenvalue weighted by Gasteiger charge is 2.27. The molecular weight excluding hydrogens is 156 g/mol. The number of allylic oxidation sites excluding steroid dienone is 1. The predicted molar refractivity (Wildman–Crippen MR) is 53.1 cm³/mol. The van der Waals surface area contributed by atoms with E-state index in [2.05, 4.69) is 34.3 Å². The summed E-state index contributed by atoms with van der Waals surface area (Å²) in [5.74, 6) is 0.493. The summed E-state index contributed by atoms with van der Waals surface area (Å²) in [5, 5.41) is 0. The highest BCUT2D eigenvalue weighted by atomic mass is 35.5. The first kappa shape index (κ1) is 11.0. The van der Waals surface area contributed by atoms with E-state index in [0.29, 0.717) is 5.92 Å². The first-order valence-electron chi connectivity index (χ1n) is 4.36. The summed E-state index contributed by atoms with van der Waals surface area (Å²) in [7, 11) is 0. The molecule has 66 valence electrons. The van der Waals surface area contributed by atoms with Crippen molar-refractivity contribution in [2.45, 2.75) is 45.4 Å². The van der Waals surface area contributed by atoms with Gasteiger partial charge in [-0.1, -0.05) is 39.8 Å². The van der Waals surface area contributed by atoms with Crippen LogP contribution in [0.25, 0.3) is 0 Å². The van der Waals surface area contributed by atoms with Crippen LogP contribution in [0.5, 0.6) is 0 Å². The van der Waals surface area contributed by atoms with Crippen LogP contribution in [0.1, 0.15) is 40.5 Å². The lowest BCUT2D eigenvalue weighted by molar-refractivity contribution is 0.549. The first-order chi connectivity index (χ1) is 4.98. The molecule has 0 fully saturated rings. The van der Waals surface area contributed by atoms with Crippen LogP contribution in [-0.4, -0.2) is 4.87 Å². The smallest absolute Gasteiger partial charge is 0.0649 e. The zero-order chi connectivity index (χ0) is 9.07. The molecule has 0 amide bonds. The largest absolute Gasteiger partial charge is 0.114 e. The van der Waals surface area contributed by atoms with Crippen LogP contribution in [0.2, 0.25) is 0 Å². The van der Waals surface area contributed by atoms with E-state index in [9.17, 15) is 0 Å². The van der Waals surface area contributed by atoms with Crippen LogP contribution in [0, 0.1) is 5.92 Å². The molecule has 0 aromatic heterocycles. The number of hydrogen-bond acceptors (Lipinski definition) is 0. The van der Waals surface area contributed by atoms with E-state index in [1.54, 1.807) is 0 Å². The van der Waals surface area contributed by atoms with Gasteiger partial charge in [-0.15, -0.1) is 11.6 Å². The van der Waals surface area contributed by atoms with Crippen LogP contribution in [0.4, 0.5) is 0 Å². The lowest BCUT2D eigenvalue weighted by Gasteiger charge is -2.29. The van der Waals surface area contributed by atoms with Crippen molar-refractivity contribution in [1.82, 2.24) is 0 Å². The Morgan fingerprint density at radius 3 is 1.82 bits per heavy atom. The van der Waals surface area contributed by atoms with Gasteiger partial charge in [0.25, 0.3) is 0 Å². The Kier molecular flexibility index (Phi) is 4.17. The Balaban J connectivity index is 4.37. The maximum atomic E-state index is 6.35. The molecule has 0 aromatic rings. The SMILES string of the molecule is C=C(C(C)C)C(Cl)(CC)CC. The fourth-order valence-electron chi connectivity index (χ4n) is 1.22. The van der Waals surface area contributed by atoms with Gasteiger partial charge in [0, 0.05) is 0 Å². The molecule has 0 aliphatic heterocycles. The Bertz CT molecular complexity index is 132. The van der Waals surface area contributed by atoms with Crippen LogP contribution in [0.15, 0.2) is 12.2 Å². The second-order valence-corrected chi connectivity index (χ2v) is 4.08. The number of hydrogen-bond donors (Lipinski definition) is 0. The van der Waals surface area contributed by atoms with Crippen molar-refractivity contribution in [2.24, 2.45) is 5.92 Å². The van der Waals surface area contributed by atoms with Crippen molar-refractivity contribution in [1.29, 1.82) is 0 Å². The molecule has 0 bridgehead atoms. The third-order valence-corrected chi connectivity index (χ3v) is 3.17. The molecule has 0 nitrogen and oxygen atoms in total. The number of halogens is 1. The van der Waals surface area contributed by atoms with Gasteiger partial charge in [-0.05, 0) is 18.8 Å². The summed E-state index contributed by atoms with van der Waals surface area (Å²) in [6, 6.07) is 0. The van der Waals surface area contributed by atoms with E-state index in [1.165, 1.54) is 5.57 Å². The summed E-state index contributed by atoms with van der Waals surface area (Å²) >= 11 is 6.35. The van der Waals surface area contributed by atoms with E-state index < -0.39 is 0 Å². The van der Waals surface area contributed by atoms with E-state index in [-0.39, 0.29) is 4.87 Å². The summed E-state index contributed by atoms with van der Waals surface area (Å²) in [5.41, 5.74) is 1.17. The van der Waals surface area contributed by atoms with Gasteiger partial charge in [-0.2, -0.15) is 0 Å². The standard InChI is InChI=1S/C10H19Cl/c1-6-10(11,7-2)9(5)8(3)4/h8H,5-7H2,1-4H3. The lowest BCUT2D eigenvalue weighted by atomic mass is 9.87. The molecule has 0 spiro atoms. The van der Waals surface area contributed by atoms with E-state index >= 15 is 0 Å². The molecule has 0 aromatic carbocycles. The van der Waals surface area contributed by atoms with Gasteiger partial charge in [0.1, 0.15) is 0 Å². The first-order valence-corrected chi connectivity index (χ1v) is 4.74. The summed E-state index contributed by atoms with van der Waals surface area (Å²) in [6.45, 7) is 12.6. The maximum Gasteiger partial charge on any atom is 0.0649 e. The van der Waals surface area contributed by atoms with Crippen LogP contribution in [0.3, 0.4) is 0 Å². The molecule has 0 heterocycles. The minimum Gasteiger partial charge on any atom is -0.114 e. The molecule has 0 saturated heterocycles. The molecule has 1 heteroatoms. The highest BCUT2D eigenvalue weighted by molar-refractivity contribution is 6.25. The van der Waals surface area contributed by atoms with Gasteiger partial charge in [0.2, 0.25) is 0 Å². The van der Waals surface area contributed by atoms with Crippen molar-refractivity contribution in [3.05, 3.63) is 12.2 Å². The molecule has 11 heavy (non-hydrogen) atoms. The van der Waals surface area contributed by atoms with Crippen molar-refractivity contribution in [3.8, 4) is 0 Å². The van der Waals surface area contributed by atoms with Crippen LogP contribution >= 0.6 is 11.6 Å². The summed E-state index contributed by atoms with van der Waals surface area (Å²) in [4.78, 5) is -0.159. The van der Waals surface area contributed by atoms with E-state index in [4.69, 9.17) is 11.6 Å². The summed E-state index contributed by atoms with van der Waals surface area (Å²) < 4.78 is 0. The Hall–Kier alpha value is 0.0300. The minimum atomic E-state index is -0.159. The van der Waals surface area contributed by atoms with Crippen LogP contribution in [-0.2, 0) is 0 Å². The monoisotopic (exact) mass is 174 g/mol. The Labute approximate surface area is 75.6 Å². The average molecular weight is 175 g/mol. The molecule has 0 rings (SSSR count). The molecule has 0 saturated carbocycles. The highest BCUT2D eigenvalue weighted by Crippen LogP contribution is 2.35. The zero-order valence-electron chi connectivity index (χ0n) is 8.08. The van der Waals surface area contributed by atoms with Gasteiger partial charge in [0.05, 0.1) is 4.87 Å². The number of rotatable bonds is 4. The van der Waals surface area contributed by atoms with E-state index in [0.717, 1.165) is 12.8 Å². The van der Waals surface area contributed by atoms with Crippen molar-refractivity contribution in [2.75, 3.05) is 0 Å². The lowest BCUT2D eigenvalue weighted by Crippen LogP contribution is -2.24. The normalized spacial score (nSPS) is 12.2. The van der Waals surface area contributed by atoms with Crippen LogP contribution < -0.4 is 0 Å². The van der Waals surface area contributed by atoms with Crippen molar-refractivity contribution in [3.63, 3.8) is 0 Å². The summed E-state index contributed by atoms with van der Waals surface area (Å²) in [6.07, 6.45) is 1.95. The maximum absolute atomic E-state index is 6.35. The van der Waals surface area contributed by atoms with Gasteiger partial charge in [0.15, 0.2) is 0 Å². The molecule has 0 atom stereocenters. The fraction of sp³-hybridized carbons (Fsp3) is 0.800. The van der Waals surface area contributed by atoms with Gasteiger partial charge < -0.3 is 0 Å². The second-order valence-electron chi connectivity index (χ2n) is 3.35. The second kappa shape index (κ2) is 4.15. The topological polar surface area (TPSA) is 0 Å². The van der Waals surface area contributed by atoms with Gasteiger partial charge in [-0.3, -0.25) is 0 Å². The van der Waals surface area contributed by atoms with Gasteiger partial charge in [-0.25, -0.2) is 0 Å². The minimum absolute atomic E-state index is 0.159. The average Bonchev–Trinajstić information content (AvgIpc) is 2.01. The molecule has 0 radical (unpaired) electrons. The Morgan fingerprint density at radius 1 is 1.36 bits per heavy atom. The van der Waals surface area contributed by atoms with E-state index in [1.807, 2.05) is 0 Å². The Morgan fingerprint density at radius 2 is 1.73 bits per heavy atom. The molecule has 0 aliphatic carbocycles. The molecular formula is C10H19Cl. The van der Waals surface area contributed by atoms with Crippen molar-refractivity contribution < 1.29 is 0 Å². The number of alkyl halides is 1. The predicted octanol–water partition coefficient (Wildman–Crippen LogP) is 4.00. The zero-order valence-corrected chi connectivity index (χ0v) is 8.83. The third-order valence-electron chi connectivity index (χ3n) is 2.39. The molecule has 0 aliphatic rings. The molecule has 0 N–H and O–H groups in total. The van der Waals surface area contributed by atoms with Gasteiger partial charge >= 0.3 is 0 Å². The van der Waals surface area contributed by atoms with Crippen molar-refractivity contribution >= 4 is 11.6 Å². The third kappa shape index (κ3) is 2.52.